The highest BCUT2D eigenvalue weighted by Gasteiger charge is 2.19. The van der Waals surface area contributed by atoms with Crippen molar-refractivity contribution in [3.8, 4) is 11.5 Å². The molecule has 0 N–H and O–H groups in total. The maximum atomic E-state index is 10.9. The number of carbonyl (C=O) groups is 1. The molecule has 0 aliphatic carbocycles. The van der Waals surface area contributed by atoms with Crippen LogP contribution >= 0.6 is 0 Å². The highest BCUT2D eigenvalue weighted by Crippen LogP contribution is 2.28. The quantitative estimate of drug-likeness (QED) is 0.763. The second-order valence-corrected chi connectivity index (χ2v) is 4.96. The fraction of sp³-hybridized carbons (Fsp3) is 0.533. The smallest absolute Gasteiger partial charge is 0.161 e. The van der Waals surface area contributed by atoms with Gasteiger partial charge in [-0.25, -0.2) is 0 Å². The summed E-state index contributed by atoms with van der Waals surface area (Å²) in [6, 6.07) is 5.98. The maximum Gasteiger partial charge on any atom is 0.161 e. The number of piperidine rings is 1. The molecule has 0 bridgehead atoms. The van der Waals surface area contributed by atoms with Gasteiger partial charge in [-0.1, -0.05) is 6.07 Å². The Balaban J connectivity index is 2.04. The van der Waals surface area contributed by atoms with E-state index < -0.39 is 0 Å². The summed E-state index contributed by atoms with van der Waals surface area (Å²) in [5, 5.41) is 0. The first-order chi connectivity index (χ1) is 9.26. The van der Waals surface area contributed by atoms with Crippen LogP contribution in [-0.4, -0.2) is 38.5 Å². The van der Waals surface area contributed by atoms with E-state index in [0.717, 1.165) is 50.3 Å². The molecular formula is C15H21NO3. The molecule has 0 radical (unpaired) electrons. The molecule has 1 aliphatic rings. The summed E-state index contributed by atoms with van der Waals surface area (Å²) in [7, 11) is 3.28. The van der Waals surface area contributed by atoms with E-state index in [4.69, 9.17) is 9.47 Å². The largest absolute Gasteiger partial charge is 0.493 e. The predicted octanol–water partition coefficient (Wildman–Crippen LogP) is 2.11. The second kappa shape index (κ2) is 6.57. The third kappa shape index (κ3) is 3.47. The summed E-state index contributed by atoms with van der Waals surface area (Å²) in [5.74, 6) is 1.69. The zero-order chi connectivity index (χ0) is 13.7. The maximum absolute atomic E-state index is 10.9. The molecule has 4 nitrogen and oxygen atoms in total. The normalized spacial score (nSPS) is 20.0. The number of nitrogens with zero attached hydrogens (tertiary/aromatic N) is 1. The minimum Gasteiger partial charge on any atom is -0.493 e. The van der Waals surface area contributed by atoms with Crippen LogP contribution in [0.5, 0.6) is 11.5 Å². The van der Waals surface area contributed by atoms with E-state index in [1.165, 1.54) is 5.56 Å². The van der Waals surface area contributed by atoms with Gasteiger partial charge < -0.3 is 14.3 Å². The molecule has 1 unspecified atom stereocenters. The van der Waals surface area contributed by atoms with Crippen LogP contribution in [0, 0.1) is 5.92 Å². The monoisotopic (exact) mass is 263 g/mol. The van der Waals surface area contributed by atoms with Gasteiger partial charge in [-0.15, -0.1) is 0 Å². The molecule has 1 aromatic carbocycles. The molecule has 4 heteroatoms. The van der Waals surface area contributed by atoms with Crippen LogP contribution in [0.1, 0.15) is 18.4 Å². The third-order valence-electron chi connectivity index (χ3n) is 3.59. The van der Waals surface area contributed by atoms with Crippen LogP contribution in [0.4, 0.5) is 0 Å². The number of methoxy groups -OCH3 is 2. The van der Waals surface area contributed by atoms with E-state index in [1.54, 1.807) is 14.2 Å². The minimum atomic E-state index is 0.189. The van der Waals surface area contributed by atoms with Crippen molar-refractivity contribution >= 4 is 6.29 Å². The van der Waals surface area contributed by atoms with Gasteiger partial charge in [-0.3, -0.25) is 4.90 Å². The van der Waals surface area contributed by atoms with Gasteiger partial charge in [-0.2, -0.15) is 0 Å². The molecule has 0 saturated carbocycles. The molecule has 0 spiro atoms. The van der Waals surface area contributed by atoms with Gasteiger partial charge >= 0.3 is 0 Å². The highest BCUT2D eigenvalue weighted by molar-refractivity contribution is 5.54. The number of hydrogen-bond acceptors (Lipinski definition) is 4. The van der Waals surface area contributed by atoms with Crippen LogP contribution in [-0.2, 0) is 11.3 Å². The Morgan fingerprint density at radius 2 is 2.11 bits per heavy atom. The standard InChI is InChI=1S/C15H21NO3/c1-18-14-6-5-12(8-15(14)19-2)9-16-7-3-4-13(10-16)11-17/h5-6,8,11,13H,3-4,7,9-10H2,1-2H3. The van der Waals surface area contributed by atoms with Crippen molar-refractivity contribution in [1.29, 1.82) is 0 Å². The minimum absolute atomic E-state index is 0.189. The van der Waals surface area contributed by atoms with Crippen LogP contribution in [0.3, 0.4) is 0 Å². The molecular weight excluding hydrogens is 242 g/mol. The number of ether oxygens (including phenoxy) is 2. The lowest BCUT2D eigenvalue weighted by Gasteiger charge is -2.30. The van der Waals surface area contributed by atoms with Crippen molar-refractivity contribution < 1.29 is 14.3 Å². The van der Waals surface area contributed by atoms with Crippen molar-refractivity contribution in [2.45, 2.75) is 19.4 Å². The van der Waals surface area contributed by atoms with E-state index in [-0.39, 0.29) is 5.92 Å². The molecule has 1 aliphatic heterocycles. The zero-order valence-electron chi connectivity index (χ0n) is 11.6. The Morgan fingerprint density at radius 1 is 1.32 bits per heavy atom. The number of rotatable bonds is 5. The predicted molar refractivity (Wildman–Crippen MR) is 73.6 cm³/mol. The summed E-state index contributed by atoms with van der Waals surface area (Å²) in [5.41, 5.74) is 1.18. The van der Waals surface area contributed by atoms with Crippen molar-refractivity contribution in [1.82, 2.24) is 4.90 Å². The van der Waals surface area contributed by atoms with Gasteiger partial charge in [0.2, 0.25) is 0 Å². The van der Waals surface area contributed by atoms with E-state index >= 15 is 0 Å². The average Bonchev–Trinajstić information content (AvgIpc) is 2.47. The zero-order valence-corrected chi connectivity index (χ0v) is 11.6. The van der Waals surface area contributed by atoms with Crippen LogP contribution in [0.15, 0.2) is 18.2 Å². The summed E-state index contributed by atoms with van der Waals surface area (Å²) in [6.07, 6.45) is 3.20. The van der Waals surface area contributed by atoms with Gasteiger partial charge in [-0.05, 0) is 37.1 Å². The van der Waals surface area contributed by atoms with Gasteiger partial charge in [0.15, 0.2) is 11.5 Å². The van der Waals surface area contributed by atoms with E-state index in [2.05, 4.69) is 4.90 Å². The number of aldehydes is 1. The molecule has 1 aromatic rings. The average molecular weight is 263 g/mol. The second-order valence-electron chi connectivity index (χ2n) is 4.96. The molecule has 2 rings (SSSR count). The summed E-state index contributed by atoms with van der Waals surface area (Å²) in [4.78, 5) is 13.2. The summed E-state index contributed by atoms with van der Waals surface area (Å²) < 4.78 is 10.5. The van der Waals surface area contributed by atoms with Crippen molar-refractivity contribution in [3.63, 3.8) is 0 Å². The topological polar surface area (TPSA) is 38.8 Å². The first-order valence-electron chi connectivity index (χ1n) is 6.65. The van der Waals surface area contributed by atoms with E-state index in [0.29, 0.717) is 0 Å². The first-order valence-corrected chi connectivity index (χ1v) is 6.65. The molecule has 1 fully saturated rings. The van der Waals surface area contributed by atoms with Gasteiger partial charge in [0.1, 0.15) is 6.29 Å². The number of likely N-dealkylation sites (tertiary alicyclic amines) is 1. The Labute approximate surface area is 114 Å². The molecule has 19 heavy (non-hydrogen) atoms. The molecule has 104 valence electrons. The number of benzene rings is 1. The lowest BCUT2D eigenvalue weighted by atomic mass is 9.99. The molecule has 0 aromatic heterocycles. The SMILES string of the molecule is COc1ccc(CN2CCCC(C=O)C2)cc1OC. The Morgan fingerprint density at radius 3 is 2.79 bits per heavy atom. The number of carbonyl (C=O) groups excluding carboxylic acids is 1. The van der Waals surface area contributed by atoms with Crippen LogP contribution < -0.4 is 9.47 Å². The highest BCUT2D eigenvalue weighted by atomic mass is 16.5. The van der Waals surface area contributed by atoms with Crippen LogP contribution in [0.25, 0.3) is 0 Å². The third-order valence-corrected chi connectivity index (χ3v) is 3.59. The molecule has 1 saturated heterocycles. The van der Waals surface area contributed by atoms with Gasteiger partial charge in [0, 0.05) is 19.0 Å². The summed E-state index contributed by atoms with van der Waals surface area (Å²) >= 11 is 0. The molecule has 1 heterocycles. The lowest BCUT2D eigenvalue weighted by molar-refractivity contribution is -0.112. The van der Waals surface area contributed by atoms with E-state index in [1.807, 2.05) is 18.2 Å². The Bertz CT molecular complexity index is 433. The summed E-state index contributed by atoms with van der Waals surface area (Å²) in [6.45, 7) is 2.77. The van der Waals surface area contributed by atoms with Crippen molar-refractivity contribution in [2.75, 3.05) is 27.3 Å². The van der Waals surface area contributed by atoms with Gasteiger partial charge in [0.25, 0.3) is 0 Å². The van der Waals surface area contributed by atoms with Gasteiger partial charge in [0.05, 0.1) is 14.2 Å². The fourth-order valence-corrected chi connectivity index (χ4v) is 2.58. The first kappa shape index (κ1) is 13.9. The van der Waals surface area contributed by atoms with Crippen molar-refractivity contribution in [2.24, 2.45) is 5.92 Å². The van der Waals surface area contributed by atoms with Crippen molar-refractivity contribution in [3.05, 3.63) is 23.8 Å². The molecule has 1 atom stereocenters. The Hall–Kier alpha value is -1.55. The molecule has 0 amide bonds. The van der Waals surface area contributed by atoms with E-state index in [9.17, 15) is 4.79 Å². The fourth-order valence-electron chi connectivity index (χ4n) is 2.58. The van der Waals surface area contributed by atoms with Crippen LogP contribution in [0.2, 0.25) is 0 Å². The Kier molecular flexibility index (Phi) is 4.80. The number of hydrogen-bond donors (Lipinski definition) is 0. The lowest BCUT2D eigenvalue weighted by Crippen LogP contribution is -2.35.